The van der Waals surface area contributed by atoms with Gasteiger partial charge in [-0.2, -0.15) is 0 Å². The summed E-state index contributed by atoms with van der Waals surface area (Å²) in [4.78, 5) is 25.5. The predicted molar refractivity (Wildman–Crippen MR) is 104 cm³/mol. The first-order chi connectivity index (χ1) is 13.0. The predicted octanol–water partition coefficient (Wildman–Crippen LogP) is 3.54. The minimum absolute atomic E-state index is 0.191. The van der Waals surface area contributed by atoms with Crippen LogP contribution in [-0.2, 0) is 17.9 Å². The Morgan fingerprint density at radius 1 is 1.19 bits per heavy atom. The number of anilines is 1. The van der Waals surface area contributed by atoms with Crippen LogP contribution in [0.5, 0.6) is 0 Å². The zero-order chi connectivity index (χ0) is 19.2. The molecule has 0 radical (unpaired) electrons. The quantitative estimate of drug-likeness (QED) is 0.608. The molecule has 0 spiro atoms. The summed E-state index contributed by atoms with van der Waals surface area (Å²) in [5.41, 5.74) is 7.75. The Kier molecular flexibility index (Phi) is 6.28. The zero-order valence-corrected chi connectivity index (χ0v) is 16.2. The molecule has 1 aliphatic heterocycles. The number of hydrogen-bond acceptors (Lipinski definition) is 3. The van der Waals surface area contributed by atoms with E-state index in [2.05, 4.69) is 32.1 Å². The van der Waals surface area contributed by atoms with Crippen molar-refractivity contribution in [3.8, 4) is 0 Å². The van der Waals surface area contributed by atoms with E-state index in [0.29, 0.717) is 29.7 Å². The van der Waals surface area contributed by atoms with Crippen molar-refractivity contribution in [3.05, 3.63) is 63.9 Å². The number of hydrazine groups is 1. The van der Waals surface area contributed by atoms with Gasteiger partial charge in [-0.3, -0.25) is 15.6 Å². The number of halogens is 2. The minimum Gasteiger partial charge on any atom is -0.338 e. The van der Waals surface area contributed by atoms with Gasteiger partial charge in [-0.15, -0.1) is 0 Å². The van der Waals surface area contributed by atoms with Crippen LogP contribution < -0.4 is 16.2 Å². The molecule has 1 saturated heterocycles. The average molecular weight is 435 g/mol. The molecule has 0 aliphatic carbocycles. The van der Waals surface area contributed by atoms with E-state index in [1.54, 1.807) is 0 Å². The topological polar surface area (TPSA) is 73.5 Å². The van der Waals surface area contributed by atoms with Gasteiger partial charge >= 0.3 is 6.03 Å². The van der Waals surface area contributed by atoms with Crippen molar-refractivity contribution >= 4 is 33.6 Å². The number of nitrogens with zero attached hydrogens (tertiary/aromatic N) is 1. The van der Waals surface area contributed by atoms with Gasteiger partial charge in [0, 0.05) is 30.5 Å². The summed E-state index contributed by atoms with van der Waals surface area (Å²) in [6.07, 6.45) is 1.54. The van der Waals surface area contributed by atoms with Gasteiger partial charge in [0.2, 0.25) is 5.91 Å². The number of rotatable bonds is 6. The molecule has 1 heterocycles. The molecule has 0 unspecified atom stereocenters. The third-order valence-corrected chi connectivity index (χ3v) is 4.89. The maximum Gasteiger partial charge on any atom is 0.333 e. The van der Waals surface area contributed by atoms with Gasteiger partial charge in [-0.25, -0.2) is 9.18 Å². The van der Waals surface area contributed by atoms with Crippen LogP contribution in [0.2, 0.25) is 0 Å². The lowest BCUT2D eigenvalue weighted by Crippen LogP contribution is -2.38. The zero-order valence-electron chi connectivity index (χ0n) is 14.6. The van der Waals surface area contributed by atoms with Crippen molar-refractivity contribution in [1.29, 1.82) is 0 Å². The molecule has 3 amide bonds. The lowest BCUT2D eigenvalue weighted by Gasteiger charge is -2.16. The highest BCUT2D eigenvalue weighted by atomic mass is 79.9. The van der Waals surface area contributed by atoms with Crippen molar-refractivity contribution < 1.29 is 14.0 Å². The second kappa shape index (κ2) is 8.85. The van der Waals surface area contributed by atoms with Gasteiger partial charge in [0.15, 0.2) is 0 Å². The summed E-state index contributed by atoms with van der Waals surface area (Å²) in [5.74, 6) is -0.177. The molecule has 3 rings (SSSR count). The molecule has 1 aliphatic rings. The van der Waals surface area contributed by atoms with Gasteiger partial charge < -0.3 is 10.2 Å². The monoisotopic (exact) mass is 434 g/mol. The van der Waals surface area contributed by atoms with Crippen molar-refractivity contribution in [1.82, 2.24) is 15.6 Å². The van der Waals surface area contributed by atoms with Crippen molar-refractivity contribution in [2.24, 2.45) is 0 Å². The second-order valence-corrected chi connectivity index (χ2v) is 7.15. The molecule has 27 heavy (non-hydrogen) atoms. The van der Waals surface area contributed by atoms with E-state index in [-0.39, 0.29) is 11.7 Å². The van der Waals surface area contributed by atoms with Gasteiger partial charge in [0.1, 0.15) is 5.82 Å². The van der Waals surface area contributed by atoms with E-state index in [9.17, 15) is 14.0 Å². The second-order valence-electron chi connectivity index (χ2n) is 6.30. The van der Waals surface area contributed by atoms with Crippen LogP contribution >= 0.6 is 15.9 Å². The molecular weight excluding hydrogens is 415 g/mol. The van der Waals surface area contributed by atoms with E-state index in [1.807, 2.05) is 29.2 Å². The Balaban J connectivity index is 1.48. The fourth-order valence-corrected chi connectivity index (χ4v) is 3.32. The summed E-state index contributed by atoms with van der Waals surface area (Å²) >= 11 is 3.22. The van der Waals surface area contributed by atoms with E-state index in [1.165, 1.54) is 18.2 Å². The smallest absolute Gasteiger partial charge is 0.333 e. The highest BCUT2D eigenvalue weighted by Crippen LogP contribution is 2.22. The third kappa shape index (κ3) is 5.43. The van der Waals surface area contributed by atoms with Crippen molar-refractivity contribution in [2.45, 2.75) is 25.9 Å². The van der Waals surface area contributed by atoms with Crippen LogP contribution in [0, 0.1) is 5.82 Å². The fraction of sp³-hybridized carbons (Fsp3) is 0.263. The molecule has 0 saturated carbocycles. The summed E-state index contributed by atoms with van der Waals surface area (Å²) < 4.78 is 13.6. The lowest BCUT2D eigenvalue weighted by atomic mass is 10.1. The Labute approximate surface area is 165 Å². The molecule has 142 valence electrons. The first kappa shape index (κ1) is 19.2. The summed E-state index contributed by atoms with van der Waals surface area (Å²) in [6.45, 7) is 1.74. The largest absolute Gasteiger partial charge is 0.338 e. The maximum absolute atomic E-state index is 13.1. The number of carbonyl (C=O) groups is 2. The van der Waals surface area contributed by atoms with Gasteiger partial charge in [0.05, 0.1) is 5.69 Å². The fourth-order valence-electron chi connectivity index (χ4n) is 2.87. The van der Waals surface area contributed by atoms with Crippen molar-refractivity contribution in [3.63, 3.8) is 0 Å². The minimum atomic E-state index is -0.411. The number of benzene rings is 2. The Hall–Kier alpha value is -2.61. The number of hydrogen-bond donors (Lipinski definition) is 3. The average Bonchev–Trinajstić information content (AvgIpc) is 3.04. The first-order valence-electron chi connectivity index (χ1n) is 8.62. The molecule has 2 aromatic carbocycles. The van der Waals surface area contributed by atoms with Crippen molar-refractivity contribution in [2.75, 3.05) is 12.0 Å². The van der Waals surface area contributed by atoms with E-state index < -0.39 is 6.03 Å². The normalized spacial score (nSPS) is 13.6. The molecule has 0 aromatic heterocycles. The number of carbonyl (C=O) groups excluding carboxylic acids is 2. The van der Waals surface area contributed by atoms with E-state index >= 15 is 0 Å². The molecule has 1 fully saturated rings. The molecule has 0 atom stereocenters. The van der Waals surface area contributed by atoms with Gasteiger partial charge in [0.25, 0.3) is 0 Å². The highest BCUT2D eigenvalue weighted by Gasteiger charge is 2.19. The van der Waals surface area contributed by atoms with Crippen LogP contribution in [0.25, 0.3) is 0 Å². The maximum atomic E-state index is 13.1. The lowest BCUT2D eigenvalue weighted by molar-refractivity contribution is -0.128. The molecular formula is C19H20BrFN4O2. The summed E-state index contributed by atoms with van der Waals surface area (Å²) in [5, 5.41) is 2.75. The van der Waals surface area contributed by atoms with Gasteiger partial charge in [-0.1, -0.05) is 24.3 Å². The molecule has 2 aromatic rings. The Morgan fingerprint density at radius 3 is 2.74 bits per heavy atom. The molecule has 8 heteroatoms. The third-order valence-electron chi connectivity index (χ3n) is 4.23. The summed E-state index contributed by atoms with van der Waals surface area (Å²) in [6, 6.07) is 11.5. The Bertz CT molecular complexity index is 846. The molecule has 0 bridgehead atoms. The van der Waals surface area contributed by atoms with E-state index in [0.717, 1.165) is 24.1 Å². The Morgan fingerprint density at radius 2 is 2.00 bits per heavy atom. The SMILES string of the molecule is O=C(NCc1cccc(CN2CCCC2=O)c1)NNc1ccc(F)cc1Br. The van der Waals surface area contributed by atoms with Gasteiger partial charge in [-0.05, 0) is 51.7 Å². The molecule has 6 nitrogen and oxygen atoms in total. The van der Waals surface area contributed by atoms with E-state index in [4.69, 9.17) is 0 Å². The number of urea groups is 1. The van der Waals surface area contributed by atoms with Crippen LogP contribution in [0.3, 0.4) is 0 Å². The highest BCUT2D eigenvalue weighted by molar-refractivity contribution is 9.10. The summed E-state index contributed by atoms with van der Waals surface area (Å²) in [7, 11) is 0. The number of likely N-dealkylation sites (tertiary alicyclic amines) is 1. The molecule has 3 N–H and O–H groups in total. The first-order valence-corrected chi connectivity index (χ1v) is 9.41. The van der Waals surface area contributed by atoms with Crippen LogP contribution in [0.15, 0.2) is 46.9 Å². The van der Waals surface area contributed by atoms with Crippen LogP contribution in [-0.4, -0.2) is 23.4 Å². The van der Waals surface area contributed by atoms with Crippen LogP contribution in [0.1, 0.15) is 24.0 Å². The number of amides is 3. The van der Waals surface area contributed by atoms with Crippen LogP contribution in [0.4, 0.5) is 14.9 Å². The standard InChI is InChI=1S/C19H20BrFN4O2/c20-16-10-15(21)6-7-17(16)23-24-19(27)22-11-13-3-1-4-14(9-13)12-25-8-2-5-18(25)26/h1,3-4,6-7,9-10,23H,2,5,8,11-12H2,(H2,22,24,27). The number of nitrogens with one attached hydrogen (secondary N) is 3.